The minimum absolute atomic E-state index is 0.0404. The zero-order valence-corrected chi connectivity index (χ0v) is 9.13. The molecule has 0 unspecified atom stereocenters. The van der Waals surface area contributed by atoms with Crippen LogP contribution >= 0.6 is 0 Å². The fraction of sp³-hybridized carbons (Fsp3) is 0.455. The van der Waals surface area contributed by atoms with Crippen LogP contribution in [0, 0.1) is 11.7 Å². The Hall–Kier alpha value is -0.900. The van der Waals surface area contributed by atoms with Gasteiger partial charge in [0.05, 0.1) is 11.5 Å². The van der Waals surface area contributed by atoms with Crippen LogP contribution in [0.25, 0.3) is 0 Å². The summed E-state index contributed by atoms with van der Waals surface area (Å²) in [5.74, 6) is 0.183. The Morgan fingerprint density at radius 1 is 1.33 bits per heavy atom. The highest BCUT2D eigenvalue weighted by Gasteiger charge is 2.27. The molecule has 1 aromatic carbocycles. The van der Waals surface area contributed by atoms with Gasteiger partial charge in [-0.25, -0.2) is 12.8 Å². The molecule has 1 aliphatic carbocycles. The van der Waals surface area contributed by atoms with Gasteiger partial charge in [0, 0.05) is 0 Å². The summed E-state index contributed by atoms with van der Waals surface area (Å²) < 4.78 is 36.1. The molecule has 0 bridgehead atoms. The van der Waals surface area contributed by atoms with E-state index in [0.717, 1.165) is 12.8 Å². The number of hydrogen-bond acceptors (Lipinski definition) is 2. The van der Waals surface area contributed by atoms with E-state index in [1.54, 1.807) is 6.07 Å². The molecule has 0 saturated heterocycles. The predicted octanol–water partition coefficient (Wildman–Crippen LogP) is 2.15. The van der Waals surface area contributed by atoms with Crippen molar-refractivity contribution in [1.82, 2.24) is 0 Å². The lowest BCUT2D eigenvalue weighted by molar-refractivity contribution is 0.591. The molecule has 15 heavy (non-hydrogen) atoms. The normalized spacial score (nSPS) is 16.6. The second-order valence-corrected chi connectivity index (χ2v) is 6.24. The molecule has 0 spiro atoms. The second kappa shape index (κ2) is 3.93. The molecule has 4 heteroatoms. The zero-order chi connectivity index (χ0) is 10.9. The van der Waals surface area contributed by atoms with E-state index in [1.165, 1.54) is 18.2 Å². The third-order valence-corrected chi connectivity index (χ3v) is 4.21. The lowest BCUT2D eigenvalue weighted by Crippen LogP contribution is -2.10. The van der Waals surface area contributed by atoms with E-state index < -0.39 is 9.84 Å². The SMILES string of the molecule is O=S(=O)(Cc1cccc(F)c1)CC1CC1. The number of rotatable bonds is 4. The molecule has 0 atom stereocenters. The number of sulfone groups is 1. The smallest absolute Gasteiger partial charge is 0.154 e. The first-order chi connectivity index (χ1) is 7.05. The van der Waals surface area contributed by atoms with E-state index >= 15 is 0 Å². The lowest BCUT2D eigenvalue weighted by atomic mass is 10.2. The van der Waals surface area contributed by atoms with Crippen LogP contribution in [0.5, 0.6) is 0 Å². The Kier molecular flexibility index (Phi) is 2.78. The molecule has 2 rings (SSSR count). The molecule has 82 valence electrons. The Labute approximate surface area is 89.0 Å². The van der Waals surface area contributed by atoms with Crippen LogP contribution in [0.3, 0.4) is 0 Å². The van der Waals surface area contributed by atoms with Gasteiger partial charge >= 0.3 is 0 Å². The summed E-state index contributed by atoms with van der Waals surface area (Å²) in [6.07, 6.45) is 2.03. The first-order valence-corrected chi connectivity index (χ1v) is 6.82. The molecule has 2 nitrogen and oxygen atoms in total. The quantitative estimate of drug-likeness (QED) is 0.791. The minimum Gasteiger partial charge on any atom is -0.228 e. The fourth-order valence-corrected chi connectivity index (χ4v) is 3.44. The van der Waals surface area contributed by atoms with Gasteiger partial charge in [-0.05, 0) is 36.5 Å². The molecule has 0 amide bonds. The predicted molar refractivity (Wildman–Crippen MR) is 56.6 cm³/mol. The van der Waals surface area contributed by atoms with Crippen LogP contribution < -0.4 is 0 Å². The van der Waals surface area contributed by atoms with Gasteiger partial charge in [-0.15, -0.1) is 0 Å². The van der Waals surface area contributed by atoms with Crippen LogP contribution in [0.2, 0.25) is 0 Å². The topological polar surface area (TPSA) is 34.1 Å². The maximum Gasteiger partial charge on any atom is 0.154 e. The molecule has 1 aliphatic rings. The average molecular weight is 228 g/mol. The van der Waals surface area contributed by atoms with Crippen molar-refractivity contribution in [3.63, 3.8) is 0 Å². The van der Waals surface area contributed by atoms with Crippen LogP contribution in [-0.2, 0) is 15.6 Å². The van der Waals surface area contributed by atoms with E-state index in [0.29, 0.717) is 11.5 Å². The highest BCUT2D eigenvalue weighted by Crippen LogP contribution is 2.31. The molecular weight excluding hydrogens is 215 g/mol. The van der Waals surface area contributed by atoms with Crippen molar-refractivity contribution in [3.8, 4) is 0 Å². The van der Waals surface area contributed by atoms with Crippen molar-refractivity contribution < 1.29 is 12.8 Å². The van der Waals surface area contributed by atoms with Gasteiger partial charge in [-0.1, -0.05) is 12.1 Å². The number of benzene rings is 1. The summed E-state index contributed by atoms with van der Waals surface area (Å²) in [7, 11) is -3.05. The Balaban J connectivity index is 2.06. The summed E-state index contributed by atoms with van der Waals surface area (Å²) in [6, 6.07) is 5.78. The Morgan fingerprint density at radius 2 is 2.07 bits per heavy atom. The van der Waals surface area contributed by atoms with Gasteiger partial charge in [0.2, 0.25) is 0 Å². The summed E-state index contributed by atoms with van der Waals surface area (Å²) in [4.78, 5) is 0. The molecule has 0 radical (unpaired) electrons. The van der Waals surface area contributed by atoms with Crippen molar-refractivity contribution in [2.75, 3.05) is 5.75 Å². The van der Waals surface area contributed by atoms with Gasteiger partial charge in [-0.2, -0.15) is 0 Å². The van der Waals surface area contributed by atoms with Crippen LogP contribution in [0.1, 0.15) is 18.4 Å². The fourth-order valence-electron chi connectivity index (χ4n) is 1.58. The first kappa shape index (κ1) is 10.6. The molecule has 1 saturated carbocycles. The molecule has 0 aromatic heterocycles. The Bertz CT molecular complexity index is 449. The van der Waals surface area contributed by atoms with E-state index in [2.05, 4.69) is 0 Å². The summed E-state index contributed by atoms with van der Waals surface area (Å²) in [5, 5.41) is 0. The minimum atomic E-state index is -3.05. The molecule has 0 aliphatic heterocycles. The van der Waals surface area contributed by atoms with E-state index in [-0.39, 0.29) is 17.3 Å². The van der Waals surface area contributed by atoms with Gasteiger partial charge < -0.3 is 0 Å². The van der Waals surface area contributed by atoms with Crippen molar-refractivity contribution >= 4 is 9.84 Å². The third kappa shape index (κ3) is 3.30. The zero-order valence-electron chi connectivity index (χ0n) is 8.32. The van der Waals surface area contributed by atoms with Gasteiger partial charge in [0.1, 0.15) is 5.82 Å². The average Bonchev–Trinajstić information content (AvgIpc) is 2.86. The van der Waals surface area contributed by atoms with E-state index in [1.807, 2.05) is 0 Å². The van der Waals surface area contributed by atoms with E-state index in [9.17, 15) is 12.8 Å². The highest BCUT2D eigenvalue weighted by molar-refractivity contribution is 7.90. The maximum absolute atomic E-state index is 12.8. The number of halogens is 1. The second-order valence-electron chi connectivity index (χ2n) is 4.13. The van der Waals surface area contributed by atoms with Crippen molar-refractivity contribution in [1.29, 1.82) is 0 Å². The highest BCUT2D eigenvalue weighted by atomic mass is 32.2. The van der Waals surface area contributed by atoms with E-state index in [4.69, 9.17) is 0 Å². The largest absolute Gasteiger partial charge is 0.228 e. The number of hydrogen-bond donors (Lipinski definition) is 0. The maximum atomic E-state index is 12.8. The van der Waals surface area contributed by atoms with Gasteiger partial charge in [-0.3, -0.25) is 0 Å². The van der Waals surface area contributed by atoms with Crippen molar-refractivity contribution in [2.45, 2.75) is 18.6 Å². The monoisotopic (exact) mass is 228 g/mol. The molecule has 0 heterocycles. The first-order valence-electron chi connectivity index (χ1n) is 5.00. The molecule has 1 fully saturated rings. The van der Waals surface area contributed by atoms with Crippen LogP contribution in [0.4, 0.5) is 4.39 Å². The summed E-state index contributed by atoms with van der Waals surface area (Å²) in [5.41, 5.74) is 0.538. The lowest BCUT2D eigenvalue weighted by Gasteiger charge is -2.03. The summed E-state index contributed by atoms with van der Waals surface area (Å²) in [6.45, 7) is 0. The van der Waals surface area contributed by atoms with Crippen molar-refractivity contribution in [3.05, 3.63) is 35.6 Å². The van der Waals surface area contributed by atoms with Crippen LogP contribution in [-0.4, -0.2) is 14.2 Å². The molecular formula is C11H13FO2S. The molecule has 0 N–H and O–H groups in total. The molecule has 1 aromatic rings. The Morgan fingerprint density at radius 3 is 2.67 bits per heavy atom. The third-order valence-electron chi connectivity index (χ3n) is 2.46. The van der Waals surface area contributed by atoms with Gasteiger partial charge in [0.25, 0.3) is 0 Å². The van der Waals surface area contributed by atoms with Gasteiger partial charge in [0.15, 0.2) is 9.84 Å². The summed E-state index contributed by atoms with van der Waals surface area (Å²) >= 11 is 0. The van der Waals surface area contributed by atoms with Crippen molar-refractivity contribution in [2.24, 2.45) is 5.92 Å². The van der Waals surface area contributed by atoms with Crippen LogP contribution in [0.15, 0.2) is 24.3 Å². The standard InChI is InChI=1S/C11H13FO2S/c12-11-3-1-2-10(6-11)8-15(13,14)7-9-4-5-9/h1-3,6,9H,4-5,7-8H2.